The third-order valence-corrected chi connectivity index (χ3v) is 4.99. The fourth-order valence-electron chi connectivity index (χ4n) is 2.63. The fourth-order valence-corrected chi connectivity index (χ4v) is 3.57. The summed E-state index contributed by atoms with van der Waals surface area (Å²) in [6, 6.07) is 0. The van der Waals surface area contributed by atoms with Crippen molar-refractivity contribution < 1.29 is 14.3 Å². The van der Waals surface area contributed by atoms with Gasteiger partial charge in [0, 0.05) is 12.2 Å². The van der Waals surface area contributed by atoms with E-state index in [0.29, 0.717) is 34.2 Å². The van der Waals surface area contributed by atoms with Crippen molar-refractivity contribution in [2.24, 2.45) is 0 Å². The second kappa shape index (κ2) is 7.73. The van der Waals surface area contributed by atoms with Gasteiger partial charge in [-0.15, -0.1) is 5.10 Å². The summed E-state index contributed by atoms with van der Waals surface area (Å²) in [6.45, 7) is 7.67. The molecular weight excluding hydrogens is 344 g/mol. The Morgan fingerprint density at radius 2 is 2.04 bits per heavy atom. The Hall–Kier alpha value is -2.29. The first kappa shape index (κ1) is 19.0. The molecule has 1 atom stereocenters. The van der Waals surface area contributed by atoms with Crippen molar-refractivity contribution >= 4 is 23.5 Å². The zero-order chi connectivity index (χ0) is 18.7. The third-order valence-electron chi connectivity index (χ3n) is 3.90. The van der Waals surface area contributed by atoms with Gasteiger partial charge in [-0.1, -0.05) is 18.7 Å². The van der Waals surface area contributed by atoms with E-state index >= 15 is 0 Å². The fraction of sp³-hybridized carbons (Fsp3) is 0.500. The predicted molar refractivity (Wildman–Crippen MR) is 94.4 cm³/mol. The number of H-pyrrole nitrogens is 2. The lowest BCUT2D eigenvalue weighted by molar-refractivity contribution is 0.0599. The first-order chi connectivity index (χ1) is 11.8. The van der Waals surface area contributed by atoms with Gasteiger partial charge >= 0.3 is 11.7 Å². The molecule has 0 saturated carbocycles. The molecule has 0 aromatic carbocycles. The lowest BCUT2D eigenvalue weighted by atomic mass is 10.1. The van der Waals surface area contributed by atoms with Crippen molar-refractivity contribution in [3.63, 3.8) is 0 Å². The summed E-state index contributed by atoms with van der Waals surface area (Å²) < 4.78 is 6.28. The van der Waals surface area contributed by atoms with Crippen molar-refractivity contribution in [2.45, 2.75) is 51.1 Å². The maximum absolute atomic E-state index is 12.8. The number of aromatic nitrogens is 4. The molecule has 0 aliphatic rings. The summed E-state index contributed by atoms with van der Waals surface area (Å²) >= 11 is 1.21. The number of hydrogen-bond acceptors (Lipinski definition) is 6. The summed E-state index contributed by atoms with van der Waals surface area (Å²) in [5.41, 5.74) is 1.62. The Balaban J connectivity index is 2.27. The minimum absolute atomic E-state index is 0.167. The van der Waals surface area contributed by atoms with Crippen molar-refractivity contribution in [3.05, 3.63) is 33.0 Å². The molecule has 0 aliphatic carbocycles. The zero-order valence-electron chi connectivity index (χ0n) is 14.9. The van der Waals surface area contributed by atoms with Crippen LogP contribution in [0, 0.1) is 13.8 Å². The molecule has 2 N–H and O–H groups in total. The highest BCUT2D eigenvalue weighted by Crippen LogP contribution is 2.26. The van der Waals surface area contributed by atoms with E-state index in [2.05, 4.69) is 15.2 Å². The number of ketones is 1. The van der Waals surface area contributed by atoms with Gasteiger partial charge in [-0.3, -0.25) is 9.36 Å². The van der Waals surface area contributed by atoms with Crippen LogP contribution < -0.4 is 5.69 Å². The number of carbonyl (C=O) groups is 2. The number of carbonyl (C=O) groups excluding carboxylic acids is 2. The molecule has 0 amide bonds. The molecule has 2 rings (SSSR count). The van der Waals surface area contributed by atoms with E-state index in [1.807, 2.05) is 6.92 Å². The average Bonchev–Trinajstić information content (AvgIpc) is 3.07. The minimum atomic E-state index is -0.479. The van der Waals surface area contributed by atoms with Crippen molar-refractivity contribution in [1.29, 1.82) is 0 Å². The summed E-state index contributed by atoms with van der Waals surface area (Å²) in [5, 5.41) is 6.39. The zero-order valence-corrected chi connectivity index (χ0v) is 15.7. The summed E-state index contributed by atoms with van der Waals surface area (Å²) in [6.07, 6.45) is 0.784. The van der Waals surface area contributed by atoms with Gasteiger partial charge in [-0.25, -0.2) is 14.7 Å². The molecule has 0 fully saturated rings. The number of thioether (sulfide) groups is 1. The van der Waals surface area contributed by atoms with Gasteiger partial charge in [0.2, 0.25) is 0 Å². The topological polar surface area (TPSA) is 110 Å². The molecule has 9 heteroatoms. The van der Waals surface area contributed by atoms with Crippen LogP contribution in [0.5, 0.6) is 0 Å². The Morgan fingerprint density at radius 1 is 1.36 bits per heavy atom. The lowest BCUT2D eigenvalue weighted by Crippen LogP contribution is -2.20. The second-order valence-corrected chi connectivity index (χ2v) is 7.01. The van der Waals surface area contributed by atoms with E-state index in [1.54, 1.807) is 20.8 Å². The molecule has 0 aliphatic heterocycles. The number of esters is 1. The predicted octanol–water partition coefficient (Wildman–Crippen LogP) is 2.08. The molecule has 2 aromatic rings. The molecular formula is C16H22N4O4S. The Bertz CT molecular complexity index is 849. The molecule has 2 heterocycles. The SMILES string of the molecule is CCCn1c(S[C@H](C)C(=O)c2[nH]c(C)c(C(=O)OC)c2C)n[nH]c1=O. The molecule has 0 bridgehead atoms. The third kappa shape index (κ3) is 3.71. The summed E-state index contributed by atoms with van der Waals surface area (Å²) in [5.74, 6) is -0.644. The number of aromatic amines is 2. The molecule has 25 heavy (non-hydrogen) atoms. The quantitative estimate of drug-likeness (QED) is 0.441. The van der Waals surface area contributed by atoms with E-state index in [9.17, 15) is 14.4 Å². The van der Waals surface area contributed by atoms with Gasteiger partial charge < -0.3 is 9.72 Å². The lowest BCUT2D eigenvalue weighted by Gasteiger charge is -2.10. The molecule has 136 valence electrons. The van der Waals surface area contributed by atoms with Crippen LogP contribution in [0.25, 0.3) is 0 Å². The van der Waals surface area contributed by atoms with Crippen LogP contribution in [-0.4, -0.2) is 43.9 Å². The van der Waals surface area contributed by atoms with Gasteiger partial charge in [0.1, 0.15) is 0 Å². The van der Waals surface area contributed by atoms with Gasteiger partial charge in [0.25, 0.3) is 0 Å². The Morgan fingerprint density at radius 3 is 2.64 bits per heavy atom. The number of ether oxygens (including phenoxy) is 1. The van der Waals surface area contributed by atoms with Crippen molar-refractivity contribution in [2.75, 3.05) is 7.11 Å². The van der Waals surface area contributed by atoms with Crippen molar-refractivity contribution in [3.8, 4) is 0 Å². The molecule has 0 spiro atoms. The number of nitrogens with one attached hydrogen (secondary N) is 2. The maximum atomic E-state index is 12.8. The summed E-state index contributed by atoms with van der Waals surface area (Å²) in [7, 11) is 1.30. The van der Waals surface area contributed by atoms with Crippen LogP contribution in [0.1, 0.15) is 52.4 Å². The van der Waals surface area contributed by atoms with Crippen molar-refractivity contribution in [1.82, 2.24) is 19.7 Å². The van der Waals surface area contributed by atoms with E-state index in [4.69, 9.17) is 4.74 Å². The van der Waals surface area contributed by atoms with Crippen LogP contribution >= 0.6 is 11.8 Å². The number of hydrogen-bond donors (Lipinski definition) is 2. The smallest absolute Gasteiger partial charge is 0.343 e. The van der Waals surface area contributed by atoms with E-state index < -0.39 is 11.2 Å². The largest absolute Gasteiger partial charge is 0.465 e. The minimum Gasteiger partial charge on any atom is -0.465 e. The average molecular weight is 366 g/mol. The van der Waals surface area contributed by atoms with Gasteiger partial charge in [0.15, 0.2) is 10.9 Å². The first-order valence-electron chi connectivity index (χ1n) is 7.95. The second-order valence-electron chi connectivity index (χ2n) is 5.70. The number of rotatable bonds is 7. The van der Waals surface area contributed by atoms with Crippen LogP contribution in [0.15, 0.2) is 9.95 Å². The molecule has 0 radical (unpaired) electrons. The molecule has 2 aromatic heterocycles. The summed E-state index contributed by atoms with van der Waals surface area (Å²) in [4.78, 5) is 39.4. The van der Waals surface area contributed by atoms with Gasteiger partial charge in [0.05, 0.1) is 23.6 Å². The highest BCUT2D eigenvalue weighted by atomic mass is 32.2. The van der Waals surface area contributed by atoms with E-state index in [0.717, 1.165) is 6.42 Å². The van der Waals surface area contributed by atoms with E-state index in [-0.39, 0.29) is 11.5 Å². The van der Waals surface area contributed by atoms with Crippen LogP contribution in [0.4, 0.5) is 0 Å². The number of aryl methyl sites for hydroxylation is 1. The van der Waals surface area contributed by atoms with Crippen LogP contribution in [0.2, 0.25) is 0 Å². The molecule has 0 saturated heterocycles. The standard InChI is InChI=1S/C16H22N4O4S/c1-6-7-20-15(23)18-19-16(20)25-10(4)13(21)12-8(2)11(9(3)17-12)14(22)24-5/h10,17H,6-7H2,1-5H3,(H,18,23)/t10-/m1/s1. The number of nitrogens with zero attached hydrogens (tertiary/aromatic N) is 2. The normalized spacial score (nSPS) is 12.2. The monoisotopic (exact) mass is 366 g/mol. The first-order valence-corrected chi connectivity index (χ1v) is 8.83. The Kier molecular flexibility index (Phi) is 5.89. The maximum Gasteiger partial charge on any atom is 0.343 e. The van der Waals surface area contributed by atoms with Gasteiger partial charge in [-0.05, 0) is 32.8 Å². The van der Waals surface area contributed by atoms with Gasteiger partial charge in [-0.2, -0.15) is 0 Å². The molecule has 0 unspecified atom stereocenters. The number of Topliss-reactive ketones (excluding diaryl/α,β-unsaturated/α-hetero) is 1. The molecule has 8 nitrogen and oxygen atoms in total. The highest BCUT2D eigenvalue weighted by Gasteiger charge is 2.27. The van der Waals surface area contributed by atoms with E-state index in [1.165, 1.54) is 23.4 Å². The highest BCUT2D eigenvalue weighted by molar-refractivity contribution is 8.00. The van der Waals surface area contributed by atoms with Crippen LogP contribution in [0.3, 0.4) is 0 Å². The number of methoxy groups -OCH3 is 1. The van der Waals surface area contributed by atoms with Crippen LogP contribution in [-0.2, 0) is 11.3 Å². The Labute approximate surface area is 149 Å².